The minimum absolute atomic E-state index is 0.511. The van der Waals surface area contributed by atoms with Crippen molar-refractivity contribution in [2.45, 2.75) is 19.8 Å². The summed E-state index contributed by atoms with van der Waals surface area (Å²) in [6, 6.07) is 9.68. The third-order valence-electron chi connectivity index (χ3n) is 5.97. The quantitative estimate of drug-likeness (QED) is 0.0947. The fourth-order valence-corrected chi connectivity index (χ4v) is 3.50. The molecule has 0 fully saturated rings. The van der Waals surface area contributed by atoms with Crippen molar-refractivity contribution in [1.29, 1.82) is 0 Å². The molecular weight excluding hydrogens is 616 g/mol. The van der Waals surface area contributed by atoms with E-state index >= 15 is 0 Å². The zero-order valence-electron chi connectivity index (χ0n) is 28.8. The van der Waals surface area contributed by atoms with Crippen LogP contribution < -0.4 is 4.74 Å². The summed E-state index contributed by atoms with van der Waals surface area (Å²) in [6.45, 7) is 15.7. The van der Waals surface area contributed by atoms with Gasteiger partial charge in [-0.15, -0.1) is 0 Å². The first-order valence-electron chi connectivity index (χ1n) is 17.0. The van der Waals surface area contributed by atoms with E-state index in [9.17, 15) is 0 Å². The number of hydrogen-bond acceptors (Lipinski definition) is 13. The molecule has 0 aliphatic rings. The molecule has 0 atom stereocenters. The van der Waals surface area contributed by atoms with Crippen molar-refractivity contribution in [3.05, 3.63) is 30.3 Å². The van der Waals surface area contributed by atoms with E-state index in [1.807, 2.05) is 30.3 Å². The fraction of sp³-hybridized carbons (Fsp3) is 0.824. The Morgan fingerprint density at radius 1 is 0.298 bits per heavy atom. The van der Waals surface area contributed by atoms with E-state index in [2.05, 4.69) is 6.92 Å². The van der Waals surface area contributed by atoms with Gasteiger partial charge in [-0.2, -0.15) is 0 Å². The van der Waals surface area contributed by atoms with Gasteiger partial charge in [0.25, 0.3) is 0 Å². The lowest BCUT2D eigenvalue weighted by atomic mass is 10.3. The SMILES string of the molecule is CCCCOCCOCCOCCOCCOCCOCCOCCOCCOCCOCCOCCOCCOc1ccccc1. The molecule has 0 bridgehead atoms. The second kappa shape index (κ2) is 39.0. The molecule has 0 saturated carbocycles. The Morgan fingerprint density at radius 3 is 0.787 bits per heavy atom. The molecular formula is C34H62O13. The Bertz CT molecular complexity index is 702. The number of ether oxygens (including phenoxy) is 13. The van der Waals surface area contributed by atoms with E-state index in [-0.39, 0.29) is 0 Å². The van der Waals surface area contributed by atoms with Crippen molar-refractivity contribution in [1.82, 2.24) is 0 Å². The average Bonchev–Trinajstić information content (AvgIpc) is 3.09. The van der Waals surface area contributed by atoms with Gasteiger partial charge < -0.3 is 61.6 Å². The van der Waals surface area contributed by atoms with Gasteiger partial charge in [-0.25, -0.2) is 0 Å². The highest BCUT2D eigenvalue weighted by Crippen LogP contribution is 2.07. The van der Waals surface area contributed by atoms with Crippen molar-refractivity contribution in [2.75, 3.05) is 165 Å². The van der Waals surface area contributed by atoms with Crippen molar-refractivity contribution in [2.24, 2.45) is 0 Å². The second-order valence-corrected chi connectivity index (χ2v) is 9.86. The zero-order valence-corrected chi connectivity index (χ0v) is 28.8. The first kappa shape index (κ1) is 43.6. The van der Waals surface area contributed by atoms with E-state index in [4.69, 9.17) is 61.6 Å². The normalized spacial score (nSPS) is 11.4. The van der Waals surface area contributed by atoms with E-state index in [1.54, 1.807) is 0 Å². The molecule has 0 amide bonds. The van der Waals surface area contributed by atoms with Crippen molar-refractivity contribution >= 4 is 0 Å². The molecule has 1 rings (SSSR count). The zero-order chi connectivity index (χ0) is 33.4. The lowest BCUT2D eigenvalue weighted by molar-refractivity contribution is -0.0285. The maximum absolute atomic E-state index is 5.55. The van der Waals surface area contributed by atoms with Gasteiger partial charge >= 0.3 is 0 Å². The van der Waals surface area contributed by atoms with Crippen LogP contribution in [-0.2, 0) is 56.8 Å². The Labute approximate surface area is 282 Å². The number of benzene rings is 1. The number of unbranched alkanes of at least 4 members (excludes halogenated alkanes) is 1. The van der Waals surface area contributed by atoms with Gasteiger partial charge in [-0.3, -0.25) is 0 Å². The largest absolute Gasteiger partial charge is 0.491 e. The third-order valence-corrected chi connectivity index (χ3v) is 5.97. The molecule has 0 aromatic heterocycles. The molecule has 13 nitrogen and oxygen atoms in total. The summed E-state index contributed by atoms with van der Waals surface area (Å²) < 4.78 is 71.2. The number of hydrogen-bond donors (Lipinski definition) is 0. The standard InChI is InChI=1S/C34H62O13/c1-2-3-9-35-10-11-36-12-13-37-14-15-38-16-17-39-18-19-40-20-21-41-22-23-42-24-25-43-26-27-44-28-29-45-30-31-46-32-33-47-34-7-5-4-6-8-34/h4-8H,2-3,9-33H2,1H3. The molecule has 0 aliphatic heterocycles. The van der Waals surface area contributed by atoms with Gasteiger partial charge in [-0.05, 0) is 18.6 Å². The maximum atomic E-state index is 5.55. The van der Waals surface area contributed by atoms with Crippen LogP contribution in [0, 0.1) is 0 Å². The van der Waals surface area contributed by atoms with Crippen LogP contribution in [0.25, 0.3) is 0 Å². The monoisotopic (exact) mass is 678 g/mol. The van der Waals surface area contributed by atoms with Crippen molar-refractivity contribution in [3.8, 4) is 5.75 Å². The van der Waals surface area contributed by atoms with Crippen molar-refractivity contribution in [3.63, 3.8) is 0 Å². The highest BCUT2D eigenvalue weighted by atomic mass is 16.6. The second-order valence-electron chi connectivity index (χ2n) is 9.86. The molecule has 0 saturated heterocycles. The molecule has 1 aromatic rings. The summed E-state index contributed by atoms with van der Waals surface area (Å²) >= 11 is 0. The molecule has 0 heterocycles. The molecule has 0 radical (unpaired) electrons. The first-order chi connectivity index (χ1) is 23.4. The summed E-state index contributed by atoms with van der Waals surface area (Å²) in [7, 11) is 0. The van der Waals surface area contributed by atoms with Crippen LogP contribution in [0.2, 0.25) is 0 Å². The molecule has 276 valence electrons. The number of para-hydroxylation sites is 1. The summed E-state index contributed by atoms with van der Waals surface area (Å²) in [5.74, 6) is 0.844. The van der Waals surface area contributed by atoms with E-state index in [0.717, 1.165) is 25.2 Å². The molecule has 47 heavy (non-hydrogen) atoms. The highest BCUT2D eigenvalue weighted by Gasteiger charge is 1.97. The summed E-state index contributed by atoms with van der Waals surface area (Å²) in [5.41, 5.74) is 0. The Hall–Kier alpha value is -1.46. The predicted octanol–water partition coefficient (Wildman–Crippen LogP) is 3.06. The summed E-state index contributed by atoms with van der Waals surface area (Å²) in [6.07, 6.45) is 2.24. The van der Waals surface area contributed by atoms with Crippen LogP contribution in [0.4, 0.5) is 0 Å². The van der Waals surface area contributed by atoms with Crippen LogP contribution in [-0.4, -0.2) is 165 Å². The van der Waals surface area contributed by atoms with E-state index in [0.29, 0.717) is 159 Å². The smallest absolute Gasteiger partial charge is 0.119 e. The Morgan fingerprint density at radius 2 is 0.532 bits per heavy atom. The van der Waals surface area contributed by atoms with E-state index < -0.39 is 0 Å². The van der Waals surface area contributed by atoms with Crippen LogP contribution in [0.15, 0.2) is 30.3 Å². The van der Waals surface area contributed by atoms with Gasteiger partial charge in [0.2, 0.25) is 0 Å². The van der Waals surface area contributed by atoms with Crippen LogP contribution in [0.3, 0.4) is 0 Å². The highest BCUT2D eigenvalue weighted by molar-refractivity contribution is 5.20. The first-order valence-corrected chi connectivity index (χ1v) is 17.0. The Kier molecular flexibility index (Phi) is 36.1. The van der Waals surface area contributed by atoms with Gasteiger partial charge in [0.05, 0.1) is 152 Å². The molecule has 1 aromatic carbocycles. The van der Waals surface area contributed by atoms with Gasteiger partial charge in [0.1, 0.15) is 12.4 Å². The molecule has 0 unspecified atom stereocenters. The molecule has 0 aliphatic carbocycles. The van der Waals surface area contributed by atoms with Crippen LogP contribution in [0.1, 0.15) is 19.8 Å². The minimum Gasteiger partial charge on any atom is -0.491 e. The fourth-order valence-electron chi connectivity index (χ4n) is 3.50. The lowest BCUT2D eigenvalue weighted by Gasteiger charge is -2.09. The number of rotatable bonds is 40. The minimum atomic E-state index is 0.511. The third kappa shape index (κ3) is 35.7. The average molecular weight is 679 g/mol. The van der Waals surface area contributed by atoms with Gasteiger partial charge in [-0.1, -0.05) is 31.5 Å². The van der Waals surface area contributed by atoms with Crippen LogP contribution in [0.5, 0.6) is 5.75 Å². The van der Waals surface area contributed by atoms with Gasteiger partial charge in [0.15, 0.2) is 0 Å². The van der Waals surface area contributed by atoms with Crippen molar-refractivity contribution < 1.29 is 61.6 Å². The molecule has 0 spiro atoms. The summed E-state index contributed by atoms with van der Waals surface area (Å²) in [5, 5.41) is 0. The molecule has 0 N–H and O–H groups in total. The topological polar surface area (TPSA) is 120 Å². The summed E-state index contributed by atoms with van der Waals surface area (Å²) in [4.78, 5) is 0. The van der Waals surface area contributed by atoms with E-state index in [1.165, 1.54) is 0 Å². The molecule has 13 heteroatoms. The predicted molar refractivity (Wildman–Crippen MR) is 177 cm³/mol. The lowest BCUT2D eigenvalue weighted by Crippen LogP contribution is -2.15. The maximum Gasteiger partial charge on any atom is 0.119 e. The van der Waals surface area contributed by atoms with Crippen LogP contribution >= 0.6 is 0 Å². The Balaban J connectivity index is 1.60. The van der Waals surface area contributed by atoms with Gasteiger partial charge in [0, 0.05) is 6.61 Å².